The summed E-state index contributed by atoms with van der Waals surface area (Å²) in [7, 11) is 1.78. The summed E-state index contributed by atoms with van der Waals surface area (Å²) >= 11 is 0. The molecule has 0 heterocycles. The van der Waals surface area contributed by atoms with Crippen molar-refractivity contribution in [2.75, 3.05) is 13.6 Å². The Balaban J connectivity index is 2.64. The molecule has 78 valence electrons. The van der Waals surface area contributed by atoms with Crippen LogP contribution in [0.1, 0.15) is 25.7 Å². The van der Waals surface area contributed by atoms with E-state index >= 15 is 0 Å². The molecular weight excluding hydrogens is 176 g/mol. The lowest BCUT2D eigenvalue weighted by molar-refractivity contribution is -0.127. The van der Waals surface area contributed by atoms with Gasteiger partial charge in [0, 0.05) is 13.1 Å². The highest BCUT2D eigenvalue weighted by Gasteiger charge is 2.28. The van der Waals surface area contributed by atoms with Gasteiger partial charge in [0.1, 0.15) is 0 Å². The quantitative estimate of drug-likeness (QED) is 0.654. The Morgan fingerprint density at radius 2 is 2.21 bits per heavy atom. The molecule has 14 heavy (non-hydrogen) atoms. The fourth-order valence-electron chi connectivity index (χ4n) is 2.23. The highest BCUT2D eigenvalue weighted by molar-refractivity contribution is 5.92. The number of hydrogen-bond acceptors (Lipinski definition) is 2. The summed E-state index contributed by atoms with van der Waals surface area (Å²) in [6, 6.07) is 0.247. The lowest BCUT2D eigenvalue weighted by Gasteiger charge is -2.36. The van der Waals surface area contributed by atoms with Crippen LogP contribution in [0.2, 0.25) is 0 Å². The van der Waals surface area contributed by atoms with E-state index in [1.165, 1.54) is 12.8 Å². The molecule has 3 nitrogen and oxygen atoms in total. The number of amides is 1. The van der Waals surface area contributed by atoms with Crippen LogP contribution in [0.5, 0.6) is 0 Å². The van der Waals surface area contributed by atoms with Gasteiger partial charge in [0.05, 0.1) is 0 Å². The predicted molar refractivity (Wildman–Crippen MR) is 56.4 cm³/mol. The Morgan fingerprint density at radius 1 is 1.57 bits per heavy atom. The van der Waals surface area contributed by atoms with Gasteiger partial charge in [-0.1, -0.05) is 12.8 Å². The third-order valence-electron chi connectivity index (χ3n) is 3.11. The number of nitrogens with two attached hydrogens (primary N) is 1. The normalized spacial score (nSPS) is 26.6. The van der Waals surface area contributed by atoms with Crippen molar-refractivity contribution >= 4 is 5.91 Å². The van der Waals surface area contributed by atoms with Gasteiger partial charge in [-0.3, -0.25) is 4.79 Å². The van der Waals surface area contributed by atoms with Gasteiger partial charge < -0.3 is 10.6 Å². The van der Waals surface area contributed by atoms with Gasteiger partial charge in [0.2, 0.25) is 0 Å². The van der Waals surface area contributed by atoms with E-state index in [1.54, 1.807) is 11.9 Å². The summed E-state index contributed by atoms with van der Waals surface area (Å²) < 4.78 is 0. The van der Waals surface area contributed by atoms with E-state index < -0.39 is 0 Å². The van der Waals surface area contributed by atoms with E-state index in [-0.39, 0.29) is 11.9 Å². The third-order valence-corrected chi connectivity index (χ3v) is 3.11. The zero-order valence-corrected chi connectivity index (χ0v) is 8.70. The summed E-state index contributed by atoms with van der Waals surface area (Å²) in [5, 5.41) is 0. The summed E-state index contributed by atoms with van der Waals surface area (Å²) in [6.45, 7) is 0.646. The molecule has 0 aromatic heterocycles. The van der Waals surface area contributed by atoms with Crippen LogP contribution in [0.3, 0.4) is 0 Å². The molecule has 3 heteroatoms. The van der Waals surface area contributed by atoms with Crippen molar-refractivity contribution in [2.45, 2.75) is 31.7 Å². The molecule has 0 aromatic carbocycles. The Morgan fingerprint density at radius 3 is 2.79 bits per heavy atom. The SMILES string of the molecule is C#CC(=O)N(C)C1CCCCC1CN. The molecule has 2 atom stereocenters. The van der Waals surface area contributed by atoms with E-state index in [9.17, 15) is 4.79 Å². The highest BCUT2D eigenvalue weighted by Crippen LogP contribution is 2.26. The van der Waals surface area contributed by atoms with Crippen LogP contribution < -0.4 is 5.73 Å². The minimum absolute atomic E-state index is 0.227. The van der Waals surface area contributed by atoms with Crippen LogP contribution in [0.15, 0.2) is 0 Å². The third kappa shape index (κ3) is 2.27. The first-order valence-electron chi connectivity index (χ1n) is 5.14. The van der Waals surface area contributed by atoms with Gasteiger partial charge in [-0.05, 0) is 31.2 Å². The molecule has 0 saturated heterocycles. The molecule has 1 aliphatic rings. The monoisotopic (exact) mass is 194 g/mol. The van der Waals surface area contributed by atoms with Crippen molar-refractivity contribution in [2.24, 2.45) is 11.7 Å². The predicted octanol–water partition coefficient (Wildman–Crippen LogP) is 0.596. The van der Waals surface area contributed by atoms with Crippen LogP contribution in [0, 0.1) is 18.3 Å². The van der Waals surface area contributed by atoms with Crippen LogP contribution in [-0.2, 0) is 4.79 Å². The average molecular weight is 194 g/mol. The largest absolute Gasteiger partial charge is 0.332 e. The molecule has 1 aliphatic carbocycles. The second kappa shape index (κ2) is 5.02. The molecule has 0 radical (unpaired) electrons. The van der Waals surface area contributed by atoms with Crippen LogP contribution in [-0.4, -0.2) is 30.4 Å². The van der Waals surface area contributed by atoms with E-state index in [0.717, 1.165) is 12.8 Å². The number of hydrogen-bond donors (Lipinski definition) is 1. The number of nitrogens with zero attached hydrogens (tertiary/aromatic N) is 1. The first-order chi connectivity index (χ1) is 6.70. The standard InChI is InChI=1S/C11H18N2O/c1-3-11(14)13(2)10-7-5-4-6-9(10)8-12/h1,9-10H,4-8,12H2,2H3. The number of terminal acetylenes is 1. The Kier molecular flexibility index (Phi) is 3.97. The smallest absolute Gasteiger partial charge is 0.298 e. The van der Waals surface area contributed by atoms with Crippen molar-refractivity contribution in [1.29, 1.82) is 0 Å². The maximum absolute atomic E-state index is 11.3. The lowest BCUT2D eigenvalue weighted by atomic mass is 9.84. The second-order valence-electron chi connectivity index (χ2n) is 3.91. The van der Waals surface area contributed by atoms with Crippen molar-refractivity contribution < 1.29 is 4.79 Å². The van der Waals surface area contributed by atoms with Gasteiger partial charge in [-0.15, -0.1) is 6.42 Å². The van der Waals surface area contributed by atoms with Crippen LogP contribution >= 0.6 is 0 Å². The topological polar surface area (TPSA) is 46.3 Å². The zero-order chi connectivity index (χ0) is 10.6. The summed E-state index contributed by atoms with van der Waals surface area (Å²) in [6.07, 6.45) is 9.63. The maximum Gasteiger partial charge on any atom is 0.298 e. The first-order valence-corrected chi connectivity index (χ1v) is 5.14. The molecule has 1 amide bonds. The lowest BCUT2D eigenvalue weighted by Crippen LogP contribution is -2.45. The van der Waals surface area contributed by atoms with E-state index in [1.807, 2.05) is 0 Å². The zero-order valence-electron chi connectivity index (χ0n) is 8.70. The van der Waals surface area contributed by atoms with Crippen molar-refractivity contribution in [3.05, 3.63) is 0 Å². The maximum atomic E-state index is 11.3. The fourth-order valence-corrected chi connectivity index (χ4v) is 2.23. The fraction of sp³-hybridized carbons (Fsp3) is 0.727. The van der Waals surface area contributed by atoms with Crippen LogP contribution in [0.4, 0.5) is 0 Å². The molecule has 0 spiro atoms. The number of rotatable bonds is 2. The van der Waals surface area contributed by atoms with Gasteiger partial charge in [0.15, 0.2) is 0 Å². The van der Waals surface area contributed by atoms with E-state index in [2.05, 4.69) is 5.92 Å². The Hall–Kier alpha value is -1.01. The summed E-state index contributed by atoms with van der Waals surface area (Å²) in [5.41, 5.74) is 5.68. The second-order valence-corrected chi connectivity index (χ2v) is 3.91. The van der Waals surface area contributed by atoms with Gasteiger partial charge in [-0.2, -0.15) is 0 Å². The summed E-state index contributed by atoms with van der Waals surface area (Å²) in [4.78, 5) is 13.0. The number of carbonyl (C=O) groups is 1. The van der Waals surface area contributed by atoms with E-state index in [0.29, 0.717) is 12.5 Å². The Labute approximate surface area is 85.6 Å². The molecular formula is C11H18N2O. The molecule has 2 N–H and O–H groups in total. The first kappa shape index (κ1) is 11.1. The van der Waals surface area contributed by atoms with Crippen molar-refractivity contribution in [3.8, 4) is 12.3 Å². The van der Waals surface area contributed by atoms with Crippen molar-refractivity contribution in [3.63, 3.8) is 0 Å². The van der Waals surface area contributed by atoms with Crippen LogP contribution in [0.25, 0.3) is 0 Å². The van der Waals surface area contributed by atoms with Gasteiger partial charge in [-0.25, -0.2) is 0 Å². The molecule has 0 bridgehead atoms. The molecule has 1 rings (SSSR count). The summed E-state index contributed by atoms with van der Waals surface area (Å²) in [5.74, 6) is 2.35. The minimum atomic E-state index is -0.227. The van der Waals surface area contributed by atoms with Gasteiger partial charge >= 0.3 is 0 Å². The van der Waals surface area contributed by atoms with Crippen molar-refractivity contribution in [1.82, 2.24) is 4.90 Å². The van der Waals surface area contributed by atoms with E-state index in [4.69, 9.17) is 12.2 Å². The minimum Gasteiger partial charge on any atom is -0.332 e. The average Bonchev–Trinajstić information content (AvgIpc) is 2.26. The molecule has 1 saturated carbocycles. The number of carbonyl (C=O) groups excluding carboxylic acids is 1. The highest BCUT2D eigenvalue weighted by atomic mass is 16.2. The Bertz CT molecular complexity index is 244. The molecule has 0 aliphatic heterocycles. The molecule has 1 fully saturated rings. The van der Waals surface area contributed by atoms with Gasteiger partial charge in [0.25, 0.3) is 5.91 Å². The molecule has 2 unspecified atom stereocenters. The molecule has 0 aromatic rings.